The molecule has 0 fully saturated rings. The van der Waals surface area contributed by atoms with Crippen LogP contribution >= 0.6 is 0 Å². The second-order valence-electron chi connectivity index (χ2n) is 3.54. The molecule has 0 aromatic rings. The monoisotopic (exact) mass is 204 g/mol. The molecule has 0 spiro atoms. The molecular weight excluding hydrogens is 180 g/mol. The van der Waals surface area contributed by atoms with Crippen molar-refractivity contribution in [3.63, 3.8) is 0 Å². The SMILES string of the molecule is CCC(CCOC(C)=O)C(C)C.CO. The molecule has 0 amide bonds. The van der Waals surface area contributed by atoms with Crippen LogP contribution in [-0.4, -0.2) is 24.8 Å². The van der Waals surface area contributed by atoms with Gasteiger partial charge < -0.3 is 9.84 Å². The molecule has 0 aliphatic carbocycles. The summed E-state index contributed by atoms with van der Waals surface area (Å²) in [5.41, 5.74) is 0. The maximum Gasteiger partial charge on any atom is 0.302 e. The minimum absolute atomic E-state index is 0.173. The van der Waals surface area contributed by atoms with Gasteiger partial charge in [0.1, 0.15) is 0 Å². The summed E-state index contributed by atoms with van der Waals surface area (Å²) in [6.45, 7) is 8.63. The van der Waals surface area contributed by atoms with Crippen molar-refractivity contribution >= 4 is 5.97 Å². The standard InChI is InChI=1S/C10H20O2.CH4O/c1-5-10(8(2)3)6-7-12-9(4)11;1-2/h8,10H,5-7H2,1-4H3;2H,1H3. The molecule has 0 bridgehead atoms. The van der Waals surface area contributed by atoms with Crippen molar-refractivity contribution < 1.29 is 14.6 Å². The number of aliphatic hydroxyl groups is 1. The summed E-state index contributed by atoms with van der Waals surface area (Å²) in [7, 11) is 1.00. The number of carbonyl (C=O) groups is 1. The van der Waals surface area contributed by atoms with Gasteiger partial charge >= 0.3 is 5.97 Å². The molecule has 0 saturated carbocycles. The lowest BCUT2D eigenvalue weighted by Gasteiger charge is -2.18. The van der Waals surface area contributed by atoms with Gasteiger partial charge in [-0.2, -0.15) is 0 Å². The zero-order valence-corrected chi connectivity index (χ0v) is 10.0. The van der Waals surface area contributed by atoms with Crippen molar-refractivity contribution in [2.24, 2.45) is 11.8 Å². The van der Waals surface area contributed by atoms with E-state index in [1.54, 1.807) is 0 Å². The highest BCUT2D eigenvalue weighted by Crippen LogP contribution is 2.18. The number of ether oxygens (including phenoxy) is 1. The van der Waals surface area contributed by atoms with Crippen LogP contribution in [0.1, 0.15) is 40.5 Å². The molecular formula is C11H24O3. The van der Waals surface area contributed by atoms with Crippen molar-refractivity contribution in [2.75, 3.05) is 13.7 Å². The fourth-order valence-corrected chi connectivity index (χ4v) is 1.36. The summed E-state index contributed by atoms with van der Waals surface area (Å²) in [5, 5.41) is 7.00. The van der Waals surface area contributed by atoms with E-state index in [0.29, 0.717) is 18.4 Å². The van der Waals surface area contributed by atoms with Crippen molar-refractivity contribution in [1.29, 1.82) is 0 Å². The largest absolute Gasteiger partial charge is 0.466 e. The van der Waals surface area contributed by atoms with Gasteiger partial charge in [-0.15, -0.1) is 0 Å². The molecule has 0 radical (unpaired) electrons. The maximum absolute atomic E-state index is 10.5. The van der Waals surface area contributed by atoms with Gasteiger partial charge in [0, 0.05) is 14.0 Å². The molecule has 0 aliphatic rings. The summed E-state index contributed by atoms with van der Waals surface area (Å²) in [6, 6.07) is 0. The lowest BCUT2D eigenvalue weighted by Crippen LogP contribution is -2.12. The number of hydrogen-bond acceptors (Lipinski definition) is 3. The van der Waals surface area contributed by atoms with E-state index in [1.807, 2.05) is 0 Å². The summed E-state index contributed by atoms with van der Waals surface area (Å²) >= 11 is 0. The van der Waals surface area contributed by atoms with Gasteiger partial charge in [0.05, 0.1) is 6.61 Å². The molecule has 0 saturated heterocycles. The first-order chi connectivity index (χ1) is 6.57. The van der Waals surface area contributed by atoms with Crippen molar-refractivity contribution in [1.82, 2.24) is 0 Å². The summed E-state index contributed by atoms with van der Waals surface area (Å²) in [5.74, 6) is 1.20. The predicted octanol–water partition coefficient (Wildman–Crippen LogP) is 2.23. The van der Waals surface area contributed by atoms with Gasteiger partial charge in [0.2, 0.25) is 0 Å². The van der Waals surface area contributed by atoms with Gasteiger partial charge in [0.15, 0.2) is 0 Å². The predicted molar refractivity (Wildman–Crippen MR) is 58.0 cm³/mol. The van der Waals surface area contributed by atoms with E-state index in [1.165, 1.54) is 13.3 Å². The minimum atomic E-state index is -0.173. The van der Waals surface area contributed by atoms with E-state index >= 15 is 0 Å². The second kappa shape index (κ2) is 10.5. The third kappa shape index (κ3) is 9.52. The first-order valence-corrected chi connectivity index (χ1v) is 5.16. The molecule has 14 heavy (non-hydrogen) atoms. The first-order valence-electron chi connectivity index (χ1n) is 5.16. The third-order valence-electron chi connectivity index (χ3n) is 2.26. The highest BCUT2D eigenvalue weighted by Gasteiger charge is 2.10. The molecule has 0 aromatic heterocycles. The van der Waals surface area contributed by atoms with Crippen LogP contribution in [0.3, 0.4) is 0 Å². The number of aliphatic hydroxyl groups excluding tert-OH is 1. The van der Waals surface area contributed by atoms with E-state index in [4.69, 9.17) is 9.84 Å². The Hall–Kier alpha value is -0.570. The molecule has 1 N–H and O–H groups in total. The van der Waals surface area contributed by atoms with Gasteiger partial charge in [0.25, 0.3) is 0 Å². The number of rotatable bonds is 5. The van der Waals surface area contributed by atoms with Gasteiger partial charge in [-0.1, -0.05) is 27.2 Å². The quantitative estimate of drug-likeness (QED) is 0.698. The third-order valence-corrected chi connectivity index (χ3v) is 2.26. The number of hydrogen-bond donors (Lipinski definition) is 1. The van der Waals surface area contributed by atoms with Crippen molar-refractivity contribution in [2.45, 2.75) is 40.5 Å². The first kappa shape index (κ1) is 15.9. The van der Waals surface area contributed by atoms with Crippen molar-refractivity contribution in [3.05, 3.63) is 0 Å². The normalized spacial score (nSPS) is 11.6. The molecule has 86 valence electrons. The van der Waals surface area contributed by atoms with E-state index in [0.717, 1.165) is 13.5 Å². The van der Waals surface area contributed by atoms with Crippen LogP contribution < -0.4 is 0 Å². The topological polar surface area (TPSA) is 46.5 Å². The molecule has 0 rings (SSSR count). The summed E-state index contributed by atoms with van der Waals surface area (Å²) in [6.07, 6.45) is 2.16. The fourth-order valence-electron chi connectivity index (χ4n) is 1.36. The Morgan fingerprint density at radius 1 is 1.36 bits per heavy atom. The molecule has 3 heteroatoms. The minimum Gasteiger partial charge on any atom is -0.466 e. The van der Waals surface area contributed by atoms with E-state index < -0.39 is 0 Å². The Morgan fingerprint density at radius 2 is 1.86 bits per heavy atom. The Bertz CT molecular complexity index is 132. The smallest absolute Gasteiger partial charge is 0.302 e. The van der Waals surface area contributed by atoms with Crippen LogP contribution in [0.5, 0.6) is 0 Å². The van der Waals surface area contributed by atoms with E-state index in [-0.39, 0.29) is 5.97 Å². The van der Waals surface area contributed by atoms with E-state index in [2.05, 4.69) is 20.8 Å². The fraction of sp³-hybridized carbons (Fsp3) is 0.909. The molecule has 3 nitrogen and oxygen atoms in total. The highest BCUT2D eigenvalue weighted by molar-refractivity contribution is 5.65. The Labute approximate surface area is 87.5 Å². The Balaban J connectivity index is 0. The molecule has 1 unspecified atom stereocenters. The molecule has 0 aromatic carbocycles. The van der Waals surface area contributed by atoms with Crippen LogP contribution in [-0.2, 0) is 9.53 Å². The Kier molecular flexibility index (Phi) is 11.9. The summed E-state index contributed by atoms with van der Waals surface area (Å²) < 4.78 is 4.89. The van der Waals surface area contributed by atoms with Crippen LogP contribution in [0, 0.1) is 11.8 Å². The van der Waals surface area contributed by atoms with Crippen LogP contribution in [0.4, 0.5) is 0 Å². The zero-order valence-electron chi connectivity index (χ0n) is 10.0. The van der Waals surface area contributed by atoms with Crippen LogP contribution in [0.15, 0.2) is 0 Å². The number of esters is 1. The molecule has 0 heterocycles. The van der Waals surface area contributed by atoms with Gasteiger partial charge in [-0.05, 0) is 18.3 Å². The van der Waals surface area contributed by atoms with Crippen LogP contribution in [0.2, 0.25) is 0 Å². The van der Waals surface area contributed by atoms with Crippen LogP contribution in [0.25, 0.3) is 0 Å². The lowest BCUT2D eigenvalue weighted by molar-refractivity contribution is -0.141. The Morgan fingerprint density at radius 3 is 2.14 bits per heavy atom. The molecule has 0 aliphatic heterocycles. The number of carbonyl (C=O) groups excluding carboxylic acids is 1. The highest BCUT2D eigenvalue weighted by atomic mass is 16.5. The lowest BCUT2D eigenvalue weighted by atomic mass is 9.91. The van der Waals surface area contributed by atoms with E-state index in [9.17, 15) is 4.79 Å². The summed E-state index contributed by atoms with van der Waals surface area (Å²) in [4.78, 5) is 10.5. The average Bonchev–Trinajstić information content (AvgIpc) is 2.14. The average molecular weight is 204 g/mol. The van der Waals surface area contributed by atoms with Crippen molar-refractivity contribution in [3.8, 4) is 0 Å². The van der Waals surface area contributed by atoms with Gasteiger partial charge in [-0.25, -0.2) is 0 Å². The second-order valence-corrected chi connectivity index (χ2v) is 3.54. The maximum atomic E-state index is 10.5. The van der Waals surface area contributed by atoms with Gasteiger partial charge in [-0.3, -0.25) is 4.79 Å². The molecule has 1 atom stereocenters. The zero-order chi connectivity index (χ0) is 11.6.